The van der Waals surface area contributed by atoms with Crippen LogP contribution in [0.15, 0.2) is 0 Å². The fourth-order valence-corrected chi connectivity index (χ4v) is 1.85. The fraction of sp³-hybridized carbons (Fsp3) is 0.909. The minimum absolute atomic E-state index is 0.0851. The highest BCUT2D eigenvalue weighted by Crippen LogP contribution is 2.15. The summed E-state index contributed by atoms with van der Waals surface area (Å²) in [6, 6.07) is 0. The molecule has 3 N–H and O–H groups in total. The maximum Gasteiger partial charge on any atom is 0.234 e. The van der Waals surface area contributed by atoms with Crippen LogP contribution in [0.25, 0.3) is 0 Å². The summed E-state index contributed by atoms with van der Waals surface area (Å²) in [4.78, 5) is 13.5. The van der Waals surface area contributed by atoms with Gasteiger partial charge in [-0.3, -0.25) is 9.69 Å². The molecule has 0 saturated carbocycles. The Labute approximate surface area is 92.2 Å². The standard InChI is InChI=1S/C11H23N3O/c1-9(2)4-5-13-10(15)6-14-7-11(3,12)8-14/h9H,4-8,12H2,1-3H3,(H,13,15). The van der Waals surface area contributed by atoms with Gasteiger partial charge in [-0.15, -0.1) is 0 Å². The number of hydrogen-bond acceptors (Lipinski definition) is 3. The Kier molecular flexibility index (Phi) is 4.11. The van der Waals surface area contributed by atoms with Crippen molar-refractivity contribution >= 4 is 5.91 Å². The zero-order valence-corrected chi connectivity index (χ0v) is 10.0. The molecule has 0 bridgehead atoms. The summed E-state index contributed by atoms with van der Waals surface area (Å²) in [7, 11) is 0. The SMILES string of the molecule is CC(C)CCNC(=O)CN1CC(C)(N)C1. The lowest BCUT2D eigenvalue weighted by Crippen LogP contribution is -2.66. The van der Waals surface area contributed by atoms with Gasteiger partial charge in [0.15, 0.2) is 0 Å². The van der Waals surface area contributed by atoms with Crippen molar-refractivity contribution in [2.75, 3.05) is 26.2 Å². The Hall–Kier alpha value is -0.610. The van der Waals surface area contributed by atoms with Crippen molar-refractivity contribution in [3.05, 3.63) is 0 Å². The number of carbonyl (C=O) groups is 1. The molecule has 0 unspecified atom stereocenters. The highest BCUT2D eigenvalue weighted by atomic mass is 16.2. The molecular formula is C11H23N3O. The number of nitrogens with zero attached hydrogens (tertiary/aromatic N) is 1. The molecule has 15 heavy (non-hydrogen) atoms. The molecule has 1 fully saturated rings. The molecule has 88 valence electrons. The maximum atomic E-state index is 11.4. The molecular weight excluding hydrogens is 190 g/mol. The zero-order valence-electron chi connectivity index (χ0n) is 10.0. The van der Waals surface area contributed by atoms with Gasteiger partial charge in [-0.1, -0.05) is 13.8 Å². The fourth-order valence-electron chi connectivity index (χ4n) is 1.85. The van der Waals surface area contributed by atoms with E-state index in [0.29, 0.717) is 12.5 Å². The molecule has 1 heterocycles. The lowest BCUT2D eigenvalue weighted by atomic mass is 9.94. The molecule has 0 spiro atoms. The van der Waals surface area contributed by atoms with Gasteiger partial charge in [0, 0.05) is 25.2 Å². The van der Waals surface area contributed by atoms with E-state index >= 15 is 0 Å². The first-order valence-electron chi connectivity index (χ1n) is 5.67. The Balaban J connectivity index is 2.05. The Bertz CT molecular complexity index is 218. The van der Waals surface area contributed by atoms with Gasteiger partial charge in [0.2, 0.25) is 5.91 Å². The highest BCUT2D eigenvalue weighted by molar-refractivity contribution is 5.78. The molecule has 0 aromatic rings. The average molecular weight is 213 g/mol. The van der Waals surface area contributed by atoms with Gasteiger partial charge in [0.05, 0.1) is 6.54 Å². The predicted molar refractivity (Wildman–Crippen MR) is 61.5 cm³/mol. The third-order valence-electron chi connectivity index (χ3n) is 2.58. The van der Waals surface area contributed by atoms with E-state index < -0.39 is 0 Å². The van der Waals surface area contributed by atoms with Crippen LogP contribution in [-0.4, -0.2) is 42.5 Å². The third kappa shape index (κ3) is 4.62. The van der Waals surface area contributed by atoms with Crippen LogP contribution in [0.2, 0.25) is 0 Å². The van der Waals surface area contributed by atoms with Crippen LogP contribution in [0.4, 0.5) is 0 Å². The smallest absolute Gasteiger partial charge is 0.234 e. The van der Waals surface area contributed by atoms with Crippen molar-refractivity contribution in [2.45, 2.75) is 32.7 Å². The minimum Gasteiger partial charge on any atom is -0.355 e. The van der Waals surface area contributed by atoms with Crippen LogP contribution in [-0.2, 0) is 4.79 Å². The van der Waals surface area contributed by atoms with E-state index in [-0.39, 0.29) is 11.4 Å². The second kappa shape index (κ2) is 4.94. The summed E-state index contributed by atoms with van der Waals surface area (Å²) in [6.07, 6.45) is 1.04. The molecule has 0 aromatic carbocycles. The zero-order chi connectivity index (χ0) is 11.5. The molecule has 1 saturated heterocycles. The number of likely N-dealkylation sites (tertiary alicyclic amines) is 1. The summed E-state index contributed by atoms with van der Waals surface area (Å²) in [5, 5.41) is 2.92. The predicted octanol–water partition coefficient (Wildman–Crippen LogP) is 0.182. The van der Waals surface area contributed by atoms with Crippen molar-refractivity contribution in [3.63, 3.8) is 0 Å². The number of amides is 1. The summed E-state index contributed by atoms with van der Waals surface area (Å²) >= 11 is 0. The monoisotopic (exact) mass is 213 g/mol. The quantitative estimate of drug-likeness (QED) is 0.685. The summed E-state index contributed by atoms with van der Waals surface area (Å²) in [5.74, 6) is 0.757. The van der Waals surface area contributed by atoms with Gasteiger partial charge >= 0.3 is 0 Å². The molecule has 0 aromatic heterocycles. The van der Waals surface area contributed by atoms with Crippen LogP contribution >= 0.6 is 0 Å². The summed E-state index contributed by atoms with van der Waals surface area (Å²) in [5.41, 5.74) is 5.77. The number of hydrogen-bond donors (Lipinski definition) is 2. The van der Waals surface area contributed by atoms with E-state index in [4.69, 9.17) is 5.73 Å². The van der Waals surface area contributed by atoms with Crippen molar-refractivity contribution < 1.29 is 4.79 Å². The molecule has 1 rings (SSSR count). The average Bonchev–Trinajstić information content (AvgIpc) is 1.99. The maximum absolute atomic E-state index is 11.4. The molecule has 0 aliphatic carbocycles. The van der Waals surface area contributed by atoms with Gasteiger partial charge in [-0.25, -0.2) is 0 Å². The second-order valence-corrected chi connectivity index (χ2v) is 5.33. The minimum atomic E-state index is -0.0851. The highest BCUT2D eigenvalue weighted by Gasteiger charge is 2.35. The molecule has 0 atom stereocenters. The Morgan fingerprint density at radius 3 is 2.60 bits per heavy atom. The molecule has 1 aliphatic rings. The van der Waals surface area contributed by atoms with Crippen LogP contribution in [0.1, 0.15) is 27.2 Å². The number of carbonyl (C=O) groups excluding carboxylic acids is 1. The van der Waals surface area contributed by atoms with E-state index in [1.807, 2.05) is 6.92 Å². The van der Waals surface area contributed by atoms with Gasteiger partial charge in [0.25, 0.3) is 0 Å². The van der Waals surface area contributed by atoms with Crippen molar-refractivity contribution in [1.82, 2.24) is 10.2 Å². The van der Waals surface area contributed by atoms with Crippen LogP contribution in [0.3, 0.4) is 0 Å². The molecule has 4 heteroatoms. The lowest BCUT2D eigenvalue weighted by molar-refractivity contribution is -0.123. The van der Waals surface area contributed by atoms with Crippen molar-refractivity contribution in [2.24, 2.45) is 11.7 Å². The number of nitrogens with one attached hydrogen (secondary N) is 1. The van der Waals surface area contributed by atoms with Crippen molar-refractivity contribution in [1.29, 1.82) is 0 Å². The molecule has 4 nitrogen and oxygen atoms in total. The second-order valence-electron chi connectivity index (χ2n) is 5.33. The summed E-state index contributed by atoms with van der Waals surface area (Å²) in [6.45, 7) is 9.24. The first kappa shape index (κ1) is 12.5. The molecule has 1 amide bonds. The van der Waals surface area contributed by atoms with Gasteiger partial charge in [0.1, 0.15) is 0 Å². The number of nitrogens with two attached hydrogens (primary N) is 1. The van der Waals surface area contributed by atoms with Crippen molar-refractivity contribution in [3.8, 4) is 0 Å². The van der Waals surface area contributed by atoms with E-state index in [2.05, 4.69) is 24.1 Å². The molecule has 1 aliphatic heterocycles. The van der Waals surface area contributed by atoms with Crippen LogP contribution in [0, 0.1) is 5.92 Å². The van der Waals surface area contributed by atoms with E-state index in [9.17, 15) is 4.79 Å². The van der Waals surface area contributed by atoms with Crippen LogP contribution in [0.5, 0.6) is 0 Å². The Morgan fingerprint density at radius 1 is 1.53 bits per heavy atom. The van der Waals surface area contributed by atoms with Gasteiger partial charge < -0.3 is 11.1 Å². The topological polar surface area (TPSA) is 58.4 Å². The Morgan fingerprint density at radius 2 is 2.13 bits per heavy atom. The first-order chi connectivity index (χ1) is 6.89. The van der Waals surface area contributed by atoms with Gasteiger partial charge in [-0.05, 0) is 19.3 Å². The first-order valence-corrected chi connectivity index (χ1v) is 5.67. The number of rotatable bonds is 5. The van der Waals surface area contributed by atoms with E-state index in [0.717, 1.165) is 26.1 Å². The van der Waals surface area contributed by atoms with E-state index in [1.54, 1.807) is 0 Å². The normalized spacial score (nSPS) is 20.1. The van der Waals surface area contributed by atoms with Gasteiger partial charge in [-0.2, -0.15) is 0 Å². The van der Waals surface area contributed by atoms with E-state index in [1.165, 1.54) is 0 Å². The summed E-state index contributed by atoms with van der Waals surface area (Å²) < 4.78 is 0. The van der Waals surface area contributed by atoms with Crippen LogP contribution < -0.4 is 11.1 Å². The lowest BCUT2D eigenvalue weighted by Gasteiger charge is -2.45. The largest absolute Gasteiger partial charge is 0.355 e. The third-order valence-corrected chi connectivity index (χ3v) is 2.58. The molecule has 0 radical (unpaired) electrons.